The second-order valence-electron chi connectivity index (χ2n) is 4.90. The van der Waals surface area contributed by atoms with Gasteiger partial charge in [0.05, 0.1) is 5.54 Å². The van der Waals surface area contributed by atoms with Crippen molar-refractivity contribution in [2.75, 3.05) is 6.54 Å². The topological polar surface area (TPSA) is 75.3 Å². The third-order valence-electron chi connectivity index (χ3n) is 3.43. The lowest BCUT2D eigenvalue weighted by molar-refractivity contribution is 0.0898. The number of carbonyl (C=O) groups is 1. The Morgan fingerprint density at radius 1 is 1.47 bits per heavy atom. The van der Waals surface area contributed by atoms with E-state index in [-0.39, 0.29) is 17.2 Å². The molecule has 1 saturated carbocycles. The fraction of sp³-hybridized carbons (Fsp3) is 0.462. The SMILES string of the molecule is CC(CN)(NC(=O)c1ccc(O)cc1)C1CC1. The van der Waals surface area contributed by atoms with Crippen molar-refractivity contribution in [3.05, 3.63) is 29.8 Å². The van der Waals surface area contributed by atoms with Gasteiger partial charge in [-0.15, -0.1) is 0 Å². The Labute approximate surface area is 101 Å². The van der Waals surface area contributed by atoms with Crippen LogP contribution in [0.2, 0.25) is 0 Å². The summed E-state index contributed by atoms with van der Waals surface area (Å²) in [7, 11) is 0. The van der Waals surface area contributed by atoms with Crippen molar-refractivity contribution in [1.82, 2.24) is 5.32 Å². The summed E-state index contributed by atoms with van der Waals surface area (Å²) in [6, 6.07) is 6.22. The Hall–Kier alpha value is -1.55. The molecule has 4 heteroatoms. The van der Waals surface area contributed by atoms with Crippen molar-refractivity contribution in [2.45, 2.75) is 25.3 Å². The number of carbonyl (C=O) groups excluding carboxylic acids is 1. The van der Waals surface area contributed by atoms with Gasteiger partial charge < -0.3 is 16.2 Å². The van der Waals surface area contributed by atoms with Crippen LogP contribution in [0.25, 0.3) is 0 Å². The maximum Gasteiger partial charge on any atom is 0.251 e. The lowest BCUT2D eigenvalue weighted by Crippen LogP contribution is -2.53. The Morgan fingerprint density at radius 3 is 2.53 bits per heavy atom. The fourth-order valence-electron chi connectivity index (χ4n) is 1.98. The predicted octanol–water partition coefficient (Wildman–Crippen LogP) is 1.25. The second kappa shape index (κ2) is 4.37. The van der Waals surface area contributed by atoms with Crippen molar-refractivity contribution < 1.29 is 9.90 Å². The minimum atomic E-state index is -0.311. The molecular weight excluding hydrogens is 216 g/mol. The normalized spacial score (nSPS) is 18.5. The average molecular weight is 234 g/mol. The van der Waals surface area contributed by atoms with Crippen molar-refractivity contribution in [1.29, 1.82) is 0 Å². The number of nitrogens with one attached hydrogen (secondary N) is 1. The zero-order valence-electron chi connectivity index (χ0n) is 9.94. The van der Waals surface area contributed by atoms with Gasteiger partial charge in [0.15, 0.2) is 0 Å². The van der Waals surface area contributed by atoms with Crippen LogP contribution in [-0.2, 0) is 0 Å². The molecule has 1 aromatic carbocycles. The van der Waals surface area contributed by atoms with Crippen LogP contribution in [0.1, 0.15) is 30.1 Å². The number of nitrogens with two attached hydrogens (primary N) is 1. The van der Waals surface area contributed by atoms with Crippen molar-refractivity contribution in [2.24, 2.45) is 11.7 Å². The highest BCUT2D eigenvalue weighted by molar-refractivity contribution is 5.94. The molecule has 0 saturated heterocycles. The summed E-state index contributed by atoms with van der Waals surface area (Å²) in [5.74, 6) is 0.517. The van der Waals surface area contributed by atoms with E-state index in [4.69, 9.17) is 10.8 Å². The largest absolute Gasteiger partial charge is 0.508 e. The first-order chi connectivity index (χ1) is 8.05. The molecular formula is C13H18N2O2. The molecule has 2 rings (SSSR count). The Balaban J connectivity index is 2.07. The summed E-state index contributed by atoms with van der Waals surface area (Å²) < 4.78 is 0. The van der Waals surface area contributed by atoms with Gasteiger partial charge in [-0.05, 0) is 49.9 Å². The molecule has 1 aliphatic rings. The molecule has 4 nitrogen and oxygen atoms in total. The van der Waals surface area contributed by atoms with Crippen LogP contribution >= 0.6 is 0 Å². The Bertz CT molecular complexity index is 412. The molecule has 0 aromatic heterocycles. The summed E-state index contributed by atoms with van der Waals surface area (Å²) >= 11 is 0. The van der Waals surface area contributed by atoms with E-state index >= 15 is 0 Å². The van der Waals surface area contributed by atoms with Gasteiger partial charge in [0.1, 0.15) is 5.75 Å². The molecule has 17 heavy (non-hydrogen) atoms. The van der Waals surface area contributed by atoms with Crippen LogP contribution in [0.4, 0.5) is 0 Å². The van der Waals surface area contributed by atoms with E-state index in [2.05, 4.69) is 5.32 Å². The molecule has 0 bridgehead atoms. The summed E-state index contributed by atoms with van der Waals surface area (Å²) in [6.45, 7) is 2.43. The standard InChI is InChI=1S/C13H18N2O2/c1-13(8-14,10-4-5-10)15-12(17)9-2-6-11(16)7-3-9/h2-3,6-7,10,16H,4-5,8,14H2,1H3,(H,15,17). The highest BCUT2D eigenvalue weighted by Gasteiger charge is 2.41. The van der Waals surface area contributed by atoms with Crippen LogP contribution in [0.15, 0.2) is 24.3 Å². The Kier molecular flexibility index (Phi) is 3.07. The van der Waals surface area contributed by atoms with E-state index in [0.717, 1.165) is 12.8 Å². The predicted molar refractivity (Wildman–Crippen MR) is 65.8 cm³/mol. The molecule has 0 radical (unpaired) electrons. The molecule has 1 fully saturated rings. The third kappa shape index (κ3) is 2.58. The van der Waals surface area contributed by atoms with Crippen LogP contribution in [0.3, 0.4) is 0 Å². The lowest BCUT2D eigenvalue weighted by Gasteiger charge is -2.29. The van der Waals surface area contributed by atoms with E-state index < -0.39 is 0 Å². The van der Waals surface area contributed by atoms with Crippen molar-refractivity contribution in [3.8, 4) is 5.75 Å². The number of rotatable bonds is 4. The molecule has 4 N–H and O–H groups in total. The van der Waals surface area contributed by atoms with Crippen molar-refractivity contribution in [3.63, 3.8) is 0 Å². The second-order valence-corrected chi connectivity index (χ2v) is 4.90. The van der Waals surface area contributed by atoms with E-state index in [1.165, 1.54) is 12.1 Å². The van der Waals surface area contributed by atoms with Gasteiger partial charge >= 0.3 is 0 Å². The third-order valence-corrected chi connectivity index (χ3v) is 3.43. The Morgan fingerprint density at radius 2 is 2.06 bits per heavy atom. The van der Waals surface area contributed by atoms with Gasteiger partial charge in [-0.1, -0.05) is 0 Å². The van der Waals surface area contributed by atoms with Gasteiger partial charge in [0.25, 0.3) is 5.91 Å². The number of hydrogen-bond acceptors (Lipinski definition) is 3. The summed E-state index contributed by atoms with van der Waals surface area (Å²) in [5.41, 5.74) is 5.98. The zero-order chi connectivity index (χ0) is 12.5. The maximum atomic E-state index is 12.0. The number of benzene rings is 1. The molecule has 1 aliphatic carbocycles. The summed E-state index contributed by atoms with van der Waals surface area (Å²) in [6.07, 6.45) is 2.26. The maximum absolute atomic E-state index is 12.0. The smallest absolute Gasteiger partial charge is 0.251 e. The van der Waals surface area contributed by atoms with Crippen LogP contribution < -0.4 is 11.1 Å². The van der Waals surface area contributed by atoms with E-state index in [0.29, 0.717) is 18.0 Å². The molecule has 92 valence electrons. The fourth-order valence-corrected chi connectivity index (χ4v) is 1.98. The summed E-state index contributed by atoms with van der Waals surface area (Å²) in [5, 5.41) is 12.2. The van der Waals surface area contributed by atoms with Crippen molar-refractivity contribution >= 4 is 5.91 Å². The minimum absolute atomic E-state index is 0.134. The van der Waals surface area contributed by atoms with E-state index in [9.17, 15) is 4.79 Å². The van der Waals surface area contributed by atoms with E-state index in [1.807, 2.05) is 6.92 Å². The van der Waals surface area contributed by atoms with E-state index in [1.54, 1.807) is 12.1 Å². The summed E-state index contributed by atoms with van der Waals surface area (Å²) in [4.78, 5) is 12.0. The number of aromatic hydroxyl groups is 1. The molecule has 0 spiro atoms. The van der Waals surface area contributed by atoms with Gasteiger partial charge in [0, 0.05) is 12.1 Å². The lowest BCUT2D eigenvalue weighted by atomic mass is 9.95. The monoisotopic (exact) mass is 234 g/mol. The zero-order valence-corrected chi connectivity index (χ0v) is 9.94. The quantitative estimate of drug-likeness (QED) is 0.734. The van der Waals surface area contributed by atoms with Gasteiger partial charge in [0.2, 0.25) is 0 Å². The number of phenols is 1. The first-order valence-electron chi connectivity index (χ1n) is 5.87. The van der Waals surface area contributed by atoms with Crippen LogP contribution in [0, 0.1) is 5.92 Å². The molecule has 0 aliphatic heterocycles. The molecule has 0 heterocycles. The van der Waals surface area contributed by atoms with Crippen LogP contribution in [0.5, 0.6) is 5.75 Å². The first-order valence-corrected chi connectivity index (χ1v) is 5.87. The number of phenolic OH excluding ortho intramolecular Hbond substituents is 1. The highest BCUT2D eigenvalue weighted by atomic mass is 16.3. The first kappa shape index (κ1) is 11.9. The number of hydrogen-bond donors (Lipinski definition) is 3. The van der Waals surface area contributed by atoms with Crippen LogP contribution in [-0.4, -0.2) is 23.1 Å². The average Bonchev–Trinajstić information content (AvgIpc) is 3.13. The highest BCUT2D eigenvalue weighted by Crippen LogP contribution is 2.39. The van der Waals surface area contributed by atoms with Gasteiger partial charge in [-0.3, -0.25) is 4.79 Å². The van der Waals surface area contributed by atoms with Gasteiger partial charge in [-0.2, -0.15) is 0 Å². The van der Waals surface area contributed by atoms with Gasteiger partial charge in [-0.25, -0.2) is 0 Å². The molecule has 1 unspecified atom stereocenters. The molecule has 1 atom stereocenters. The molecule has 1 aromatic rings. The number of amides is 1. The molecule has 1 amide bonds. The minimum Gasteiger partial charge on any atom is -0.508 e.